The van der Waals surface area contributed by atoms with Crippen LogP contribution in [0.3, 0.4) is 0 Å². The van der Waals surface area contributed by atoms with Crippen LogP contribution in [0.25, 0.3) is 5.57 Å². The van der Waals surface area contributed by atoms with E-state index >= 15 is 0 Å². The predicted octanol–water partition coefficient (Wildman–Crippen LogP) is 7.11. The van der Waals surface area contributed by atoms with Crippen molar-refractivity contribution in [1.82, 2.24) is 0 Å². The van der Waals surface area contributed by atoms with Crippen LogP contribution < -0.4 is 0 Å². The molecule has 3 rings (SSSR count). The van der Waals surface area contributed by atoms with Gasteiger partial charge in [0.25, 0.3) is 0 Å². The fourth-order valence-electron chi connectivity index (χ4n) is 4.26. The number of hydrogen-bond donors (Lipinski definition) is 0. The van der Waals surface area contributed by atoms with Gasteiger partial charge in [-0.25, -0.2) is 4.99 Å². The average Bonchev–Trinajstić information content (AvgIpc) is 3.09. The molecule has 3 nitrogen and oxygen atoms in total. The maximum atomic E-state index is 14.0. The van der Waals surface area contributed by atoms with E-state index in [4.69, 9.17) is 9.15 Å². The van der Waals surface area contributed by atoms with Crippen molar-refractivity contribution in [2.24, 2.45) is 22.7 Å². The summed E-state index contributed by atoms with van der Waals surface area (Å²) in [4.78, 5) is 4.42. The fourth-order valence-corrected chi connectivity index (χ4v) is 4.26. The predicted molar refractivity (Wildman–Crippen MR) is 113 cm³/mol. The van der Waals surface area contributed by atoms with Gasteiger partial charge in [-0.3, -0.25) is 0 Å². The monoisotopic (exact) mass is 419 g/mol. The largest absolute Gasteiger partial charge is 0.484 e. The second-order valence-electron chi connectivity index (χ2n) is 8.05. The first kappa shape index (κ1) is 22.2. The van der Waals surface area contributed by atoms with E-state index in [0.717, 1.165) is 5.57 Å². The van der Waals surface area contributed by atoms with Crippen molar-refractivity contribution in [1.29, 1.82) is 0 Å². The summed E-state index contributed by atoms with van der Waals surface area (Å²) in [5.74, 6) is -0.291. The summed E-state index contributed by atoms with van der Waals surface area (Å²) in [6.07, 6.45) is 6.09. The number of fused-ring (bicyclic) bond motifs is 2. The molecule has 0 amide bonds. The lowest BCUT2D eigenvalue weighted by molar-refractivity contribution is -0.102. The average molecular weight is 419 g/mol. The Hall–Kier alpha value is -2.50. The van der Waals surface area contributed by atoms with Gasteiger partial charge in [-0.05, 0) is 54.7 Å². The van der Waals surface area contributed by atoms with Gasteiger partial charge >= 0.3 is 6.18 Å². The standard InChI is InChI=1S/C24H28F3NO2/c1-5-16(3)28-23(29-4)12-17-8-15(2)21-11-18(9-17)10-20(19-6-7-30-14-19)13-22(21)24(25,26)27/h6-7,9-10,13-15,18,21H,3,5,8,11-12H2,1-2,4H3. The molecule has 6 heteroatoms. The first-order chi connectivity index (χ1) is 14.2. The molecule has 0 aromatic carbocycles. The van der Waals surface area contributed by atoms with E-state index in [1.165, 1.54) is 18.6 Å². The summed E-state index contributed by atoms with van der Waals surface area (Å²) in [5, 5.41) is 0. The molecule has 1 heterocycles. The zero-order valence-corrected chi connectivity index (χ0v) is 17.6. The molecule has 0 saturated heterocycles. The summed E-state index contributed by atoms with van der Waals surface area (Å²) in [7, 11) is 1.56. The van der Waals surface area contributed by atoms with Crippen LogP contribution in [0.2, 0.25) is 0 Å². The van der Waals surface area contributed by atoms with Gasteiger partial charge in [0.1, 0.15) is 0 Å². The van der Waals surface area contributed by atoms with Crippen LogP contribution in [-0.2, 0) is 4.74 Å². The Morgan fingerprint density at radius 2 is 2.10 bits per heavy atom. The number of allylic oxidation sites excluding steroid dienone is 6. The number of alkyl halides is 3. The van der Waals surface area contributed by atoms with Crippen molar-refractivity contribution >= 4 is 11.5 Å². The van der Waals surface area contributed by atoms with Gasteiger partial charge in [-0.15, -0.1) is 0 Å². The highest BCUT2D eigenvalue weighted by Gasteiger charge is 2.43. The summed E-state index contributed by atoms with van der Waals surface area (Å²) >= 11 is 0. The van der Waals surface area contributed by atoms with Gasteiger partial charge in [0, 0.05) is 23.3 Å². The molecule has 30 heavy (non-hydrogen) atoms. The first-order valence-electron chi connectivity index (χ1n) is 10.2. The van der Waals surface area contributed by atoms with Crippen LogP contribution in [0.15, 0.2) is 69.7 Å². The second kappa shape index (κ2) is 9.11. The molecule has 162 valence electrons. The van der Waals surface area contributed by atoms with Crippen molar-refractivity contribution in [3.63, 3.8) is 0 Å². The number of hydrogen-bond acceptors (Lipinski definition) is 3. The Bertz CT molecular complexity index is 888. The summed E-state index contributed by atoms with van der Waals surface area (Å²) in [6, 6.07) is 1.69. The molecule has 2 aliphatic rings. The maximum absolute atomic E-state index is 14.0. The molecule has 3 unspecified atom stereocenters. The van der Waals surface area contributed by atoms with E-state index in [0.29, 0.717) is 48.4 Å². The van der Waals surface area contributed by atoms with Crippen molar-refractivity contribution < 1.29 is 22.3 Å². The lowest BCUT2D eigenvalue weighted by Crippen LogP contribution is -2.25. The lowest BCUT2D eigenvalue weighted by atomic mass is 9.80. The van der Waals surface area contributed by atoms with E-state index in [2.05, 4.69) is 17.6 Å². The van der Waals surface area contributed by atoms with Gasteiger partial charge in [0.15, 0.2) is 5.90 Å². The van der Waals surface area contributed by atoms with Gasteiger partial charge in [0.2, 0.25) is 0 Å². The highest BCUT2D eigenvalue weighted by molar-refractivity contribution is 5.80. The Balaban J connectivity index is 2.00. The van der Waals surface area contributed by atoms with Crippen molar-refractivity contribution in [2.75, 3.05) is 7.11 Å². The highest BCUT2D eigenvalue weighted by atomic mass is 19.4. The summed E-state index contributed by atoms with van der Waals surface area (Å²) in [5.41, 5.74) is 2.51. The molecule has 0 aliphatic heterocycles. The molecule has 1 aromatic rings. The first-order valence-corrected chi connectivity index (χ1v) is 10.2. The smallest absolute Gasteiger partial charge is 0.412 e. The summed E-state index contributed by atoms with van der Waals surface area (Å²) in [6.45, 7) is 7.76. The van der Waals surface area contributed by atoms with Crippen molar-refractivity contribution in [2.45, 2.75) is 45.7 Å². The molecule has 0 spiro atoms. The number of methoxy groups -OCH3 is 1. The Morgan fingerprint density at radius 1 is 1.33 bits per heavy atom. The Labute approximate surface area is 175 Å². The van der Waals surface area contributed by atoms with Crippen molar-refractivity contribution in [3.8, 4) is 0 Å². The van der Waals surface area contributed by atoms with Gasteiger partial charge < -0.3 is 9.15 Å². The number of ether oxygens (including phenoxy) is 1. The van der Waals surface area contributed by atoms with Crippen LogP contribution >= 0.6 is 0 Å². The molecule has 0 radical (unpaired) electrons. The van der Waals surface area contributed by atoms with E-state index < -0.39 is 17.7 Å². The van der Waals surface area contributed by atoms with Crippen LogP contribution in [0.5, 0.6) is 0 Å². The molecular weight excluding hydrogens is 391 g/mol. The minimum Gasteiger partial charge on any atom is -0.484 e. The SMILES string of the molecule is C=C(CC)N=C(CC1=CC2C=C(c3ccoc3)C=C(C(F)(F)F)C(C2)C(C)C1)OC. The maximum Gasteiger partial charge on any atom is 0.412 e. The van der Waals surface area contributed by atoms with Crippen LogP contribution in [0.4, 0.5) is 13.2 Å². The molecule has 0 fully saturated rings. The molecule has 0 N–H and O–H groups in total. The molecule has 1 aromatic heterocycles. The van der Waals surface area contributed by atoms with Crippen molar-refractivity contribution in [3.05, 3.63) is 65.8 Å². The third kappa shape index (κ3) is 5.15. The zero-order chi connectivity index (χ0) is 21.9. The second-order valence-corrected chi connectivity index (χ2v) is 8.05. The lowest BCUT2D eigenvalue weighted by Gasteiger charge is -2.27. The van der Waals surface area contributed by atoms with Gasteiger partial charge in [0.05, 0.1) is 19.6 Å². The molecule has 2 bridgehead atoms. The van der Waals surface area contributed by atoms with Crippen LogP contribution in [0, 0.1) is 17.8 Å². The fraction of sp³-hybridized carbons (Fsp3) is 0.458. The summed E-state index contributed by atoms with van der Waals surface area (Å²) < 4.78 is 52.5. The van der Waals surface area contributed by atoms with E-state index in [1.54, 1.807) is 13.2 Å². The quantitative estimate of drug-likeness (QED) is 0.289. The van der Waals surface area contributed by atoms with Gasteiger partial charge in [-0.1, -0.05) is 38.2 Å². The van der Waals surface area contributed by atoms with E-state index in [1.807, 2.05) is 19.9 Å². The highest BCUT2D eigenvalue weighted by Crippen LogP contribution is 2.46. The molecule has 3 atom stereocenters. The zero-order valence-electron chi connectivity index (χ0n) is 17.6. The normalized spacial score (nSPS) is 24.9. The van der Waals surface area contributed by atoms with Crippen LogP contribution in [0.1, 0.15) is 45.1 Å². The minimum absolute atomic E-state index is 0.108. The third-order valence-corrected chi connectivity index (χ3v) is 5.84. The molecule has 0 saturated carbocycles. The van der Waals surface area contributed by atoms with Crippen LogP contribution in [-0.4, -0.2) is 19.2 Å². The number of nitrogens with zero attached hydrogens (tertiary/aromatic N) is 1. The number of halogens is 3. The number of furan rings is 1. The number of aliphatic imine (C=N–C) groups is 1. The van der Waals surface area contributed by atoms with Gasteiger partial charge in [-0.2, -0.15) is 13.2 Å². The Morgan fingerprint density at radius 3 is 2.70 bits per heavy atom. The topological polar surface area (TPSA) is 34.7 Å². The number of rotatable bonds is 5. The van der Waals surface area contributed by atoms with E-state index in [9.17, 15) is 13.2 Å². The minimum atomic E-state index is -4.38. The molecular formula is C24H28F3NO2. The molecule has 2 aliphatic carbocycles. The van der Waals surface area contributed by atoms with E-state index in [-0.39, 0.29) is 11.8 Å². The Kier molecular flexibility index (Phi) is 6.74. The third-order valence-electron chi connectivity index (χ3n) is 5.84.